The Morgan fingerprint density at radius 2 is 2.15 bits per heavy atom. The summed E-state index contributed by atoms with van der Waals surface area (Å²) >= 11 is 11.5. The van der Waals surface area contributed by atoms with Crippen LogP contribution in [0.25, 0.3) is 0 Å². The number of H-pyrrole nitrogens is 1. The van der Waals surface area contributed by atoms with Gasteiger partial charge in [-0.15, -0.1) is 0 Å². The Morgan fingerprint density at radius 1 is 1.35 bits per heavy atom. The molecule has 2 aromatic rings. The highest BCUT2D eigenvalue weighted by atomic mass is 35.5. The highest BCUT2D eigenvalue weighted by molar-refractivity contribution is 6.41. The van der Waals surface area contributed by atoms with E-state index in [1.165, 1.54) is 6.07 Å². The Morgan fingerprint density at radius 3 is 2.80 bits per heavy atom. The second kappa shape index (κ2) is 6.68. The Kier molecular flexibility index (Phi) is 4.93. The number of hydrogen-bond donors (Lipinski definition) is 2. The minimum absolute atomic E-state index is 0.259. The molecule has 0 spiro atoms. The number of amides is 1. The van der Waals surface area contributed by atoms with E-state index in [1.54, 1.807) is 0 Å². The SMILES string of the molecule is CCOc1cccc(CNC(=O)c2cc(Cl)c(Cl)[nH]2)c1. The molecule has 0 bridgehead atoms. The second-order valence-electron chi connectivity index (χ2n) is 4.11. The molecule has 20 heavy (non-hydrogen) atoms. The van der Waals surface area contributed by atoms with E-state index in [1.807, 2.05) is 31.2 Å². The molecule has 1 aromatic heterocycles. The monoisotopic (exact) mass is 312 g/mol. The smallest absolute Gasteiger partial charge is 0.268 e. The largest absolute Gasteiger partial charge is 0.494 e. The van der Waals surface area contributed by atoms with Gasteiger partial charge in [0.25, 0.3) is 5.91 Å². The first kappa shape index (κ1) is 14.8. The van der Waals surface area contributed by atoms with Crippen LogP contribution in [0.5, 0.6) is 5.75 Å². The van der Waals surface area contributed by atoms with Crippen LogP contribution in [0, 0.1) is 0 Å². The fourth-order valence-corrected chi connectivity index (χ4v) is 2.03. The molecule has 106 valence electrons. The van der Waals surface area contributed by atoms with Crippen molar-refractivity contribution < 1.29 is 9.53 Å². The van der Waals surface area contributed by atoms with E-state index in [9.17, 15) is 4.79 Å². The highest BCUT2D eigenvalue weighted by Crippen LogP contribution is 2.21. The van der Waals surface area contributed by atoms with E-state index in [4.69, 9.17) is 27.9 Å². The summed E-state index contributed by atoms with van der Waals surface area (Å²) in [7, 11) is 0. The van der Waals surface area contributed by atoms with Crippen molar-refractivity contribution in [2.45, 2.75) is 13.5 Å². The third-order valence-corrected chi connectivity index (χ3v) is 3.33. The van der Waals surface area contributed by atoms with E-state index >= 15 is 0 Å². The molecule has 0 aliphatic carbocycles. The van der Waals surface area contributed by atoms with Gasteiger partial charge in [0.1, 0.15) is 16.6 Å². The molecule has 1 heterocycles. The number of nitrogens with one attached hydrogen (secondary N) is 2. The Labute approximate surface area is 127 Å². The second-order valence-corrected chi connectivity index (χ2v) is 4.89. The molecule has 0 unspecified atom stereocenters. The average molecular weight is 313 g/mol. The van der Waals surface area contributed by atoms with Crippen LogP contribution in [0.15, 0.2) is 30.3 Å². The summed E-state index contributed by atoms with van der Waals surface area (Å²) in [5, 5.41) is 3.37. The Hall–Kier alpha value is -1.65. The van der Waals surface area contributed by atoms with Crippen LogP contribution < -0.4 is 10.1 Å². The molecular formula is C14H14Cl2N2O2. The van der Waals surface area contributed by atoms with Gasteiger partial charge in [0.15, 0.2) is 0 Å². The molecule has 0 radical (unpaired) electrons. The van der Waals surface area contributed by atoms with Crippen molar-refractivity contribution in [3.05, 3.63) is 51.8 Å². The average Bonchev–Trinajstić information content (AvgIpc) is 2.77. The van der Waals surface area contributed by atoms with Gasteiger partial charge in [-0.1, -0.05) is 35.3 Å². The predicted molar refractivity (Wildman–Crippen MR) is 79.6 cm³/mol. The normalized spacial score (nSPS) is 10.3. The first-order chi connectivity index (χ1) is 9.60. The van der Waals surface area contributed by atoms with Crippen molar-refractivity contribution in [2.75, 3.05) is 6.61 Å². The minimum atomic E-state index is -0.263. The zero-order valence-corrected chi connectivity index (χ0v) is 12.4. The van der Waals surface area contributed by atoms with Gasteiger partial charge in [-0.2, -0.15) is 0 Å². The van der Waals surface area contributed by atoms with Crippen molar-refractivity contribution in [2.24, 2.45) is 0 Å². The number of aromatic amines is 1. The maximum absolute atomic E-state index is 11.9. The first-order valence-electron chi connectivity index (χ1n) is 6.14. The maximum Gasteiger partial charge on any atom is 0.268 e. The van der Waals surface area contributed by atoms with Gasteiger partial charge in [-0.25, -0.2) is 0 Å². The van der Waals surface area contributed by atoms with Gasteiger partial charge < -0.3 is 15.0 Å². The van der Waals surface area contributed by atoms with Crippen molar-refractivity contribution in [3.63, 3.8) is 0 Å². The highest BCUT2D eigenvalue weighted by Gasteiger charge is 2.11. The molecule has 0 aliphatic rings. The summed E-state index contributed by atoms with van der Waals surface area (Å²) < 4.78 is 5.40. The van der Waals surface area contributed by atoms with Crippen molar-refractivity contribution in [1.29, 1.82) is 0 Å². The van der Waals surface area contributed by atoms with Gasteiger partial charge in [-0.05, 0) is 30.7 Å². The minimum Gasteiger partial charge on any atom is -0.494 e. The zero-order valence-electron chi connectivity index (χ0n) is 10.9. The van der Waals surface area contributed by atoms with Gasteiger partial charge in [0, 0.05) is 6.54 Å². The van der Waals surface area contributed by atoms with Crippen LogP contribution in [-0.2, 0) is 6.54 Å². The molecule has 1 aromatic carbocycles. The molecule has 0 fully saturated rings. The van der Waals surface area contributed by atoms with Gasteiger partial charge >= 0.3 is 0 Å². The summed E-state index contributed by atoms with van der Waals surface area (Å²) in [6.45, 7) is 2.93. The molecule has 2 rings (SSSR count). The third-order valence-electron chi connectivity index (χ3n) is 2.63. The maximum atomic E-state index is 11.9. The summed E-state index contributed by atoms with van der Waals surface area (Å²) in [5.74, 6) is 0.519. The lowest BCUT2D eigenvalue weighted by Crippen LogP contribution is -2.23. The lowest BCUT2D eigenvalue weighted by molar-refractivity contribution is 0.0946. The van der Waals surface area contributed by atoms with Crippen LogP contribution in [0.4, 0.5) is 0 Å². The Balaban J connectivity index is 1.97. The number of rotatable bonds is 5. The predicted octanol–water partition coefficient (Wildman–Crippen LogP) is 3.65. The van der Waals surface area contributed by atoms with E-state index in [2.05, 4.69) is 10.3 Å². The first-order valence-corrected chi connectivity index (χ1v) is 6.89. The van der Waals surface area contributed by atoms with Gasteiger partial charge in [0.05, 0.1) is 11.6 Å². The fourth-order valence-electron chi connectivity index (χ4n) is 1.72. The number of halogens is 2. The van der Waals surface area contributed by atoms with Crippen LogP contribution in [0.2, 0.25) is 10.2 Å². The zero-order chi connectivity index (χ0) is 14.5. The number of carbonyl (C=O) groups excluding carboxylic acids is 1. The van der Waals surface area contributed by atoms with Crippen LogP contribution in [-0.4, -0.2) is 17.5 Å². The lowest BCUT2D eigenvalue weighted by atomic mass is 10.2. The van der Waals surface area contributed by atoms with Crippen molar-refractivity contribution in [3.8, 4) is 5.75 Å². The number of carbonyl (C=O) groups is 1. The van der Waals surface area contributed by atoms with Crippen molar-refractivity contribution >= 4 is 29.1 Å². The fraction of sp³-hybridized carbons (Fsp3) is 0.214. The summed E-state index contributed by atoms with van der Waals surface area (Å²) in [5.41, 5.74) is 1.29. The Bertz CT molecular complexity index is 591. The molecule has 2 N–H and O–H groups in total. The van der Waals surface area contributed by atoms with Crippen LogP contribution in [0.3, 0.4) is 0 Å². The molecule has 1 amide bonds. The van der Waals surface area contributed by atoms with Gasteiger partial charge in [0.2, 0.25) is 0 Å². The summed E-state index contributed by atoms with van der Waals surface area (Å²) in [6, 6.07) is 9.06. The lowest BCUT2D eigenvalue weighted by Gasteiger charge is -2.07. The summed E-state index contributed by atoms with van der Waals surface area (Å²) in [4.78, 5) is 14.6. The molecule has 6 heteroatoms. The molecule has 0 atom stereocenters. The van der Waals surface area contributed by atoms with Gasteiger partial charge in [-0.3, -0.25) is 4.79 Å². The number of benzene rings is 1. The van der Waals surface area contributed by atoms with Crippen molar-refractivity contribution in [1.82, 2.24) is 10.3 Å². The van der Waals surface area contributed by atoms with E-state index in [0.29, 0.717) is 23.9 Å². The topological polar surface area (TPSA) is 54.1 Å². The third kappa shape index (κ3) is 3.68. The van der Waals surface area contributed by atoms with E-state index in [0.717, 1.165) is 11.3 Å². The molecular weight excluding hydrogens is 299 g/mol. The van der Waals surface area contributed by atoms with E-state index in [-0.39, 0.29) is 11.1 Å². The number of ether oxygens (including phenoxy) is 1. The van der Waals surface area contributed by atoms with Crippen LogP contribution in [0.1, 0.15) is 23.0 Å². The number of aromatic nitrogens is 1. The molecule has 0 aliphatic heterocycles. The molecule has 4 nitrogen and oxygen atoms in total. The quantitative estimate of drug-likeness (QED) is 0.885. The standard InChI is InChI=1S/C14H14Cl2N2O2/c1-2-20-10-5-3-4-9(6-10)8-17-14(19)12-7-11(15)13(16)18-12/h3-7,18H,2,8H2,1H3,(H,17,19). The molecule has 0 saturated heterocycles. The van der Waals surface area contributed by atoms with E-state index < -0.39 is 0 Å². The number of hydrogen-bond acceptors (Lipinski definition) is 2. The molecule has 0 saturated carbocycles. The summed E-state index contributed by atoms with van der Waals surface area (Å²) in [6.07, 6.45) is 0. The van der Waals surface area contributed by atoms with Crippen LogP contribution >= 0.6 is 23.2 Å².